The predicted octanol–water partition coefficient (Wildman–Crippen LogP) is 2.03. The number of halogens is 1. The number of hydrogen-bond donors (Lipinski definition) is 2. The molecule has 0 amide bonds. The van der Waals surface area contributed by atoms with Gasteiger partial charge in [0.25, 0.3) is 0 Å². The maximum absolute atomic E-state index is 5.97. The van der Waals surface area contributed by atoms with E-state index < -0.39 is 0 Å². The lowest BCUT2D eigenvalue weighted by atomic mass is 10.1. The van der Waals surface area contributed by atoms with E-state index in [9.17, 15) is 0 Å². The van der Waals surface area contributed by atoms with Crippen molar-refractivity contribution < 1.29 is 0 Å². The number of hydrogen-bond acceptors (Lipinski definition) is 3. The summed E-state index contributed by atoms with van der Waals surface area (Å²) >= 11 is 0. The van der Waals surface area contributed by atoms with E-state index in [0.29, 0.717) is 11.9 Å². The van der Waals surface area contributed by atoms with E-state index in [1.807, 2.05) is 6.07 Å². The molecule has 0 radical (unpaired) electrons. The Morgan fingerprint density at radius 3 is 2.44 bits per heavy atom. The summed E-state index contributed by atoms with van der Waals surface area (Å²) in [5.74, 6) is 1.10. The summed E-state index contributed by atoms with van der Waals surface area (Å²) in [7, 11) is 0. The van der Waals surface area contributed by atoms with Gasteiger partial charge in [-0.15, -0.1) is 24.0 Å². The number of benzene rings is 1. The van der Waals surface area contributed by atoms with Gasteiger partial charge >= 0.3 is 0 Å². The monoisotopic (exact) mass is 459 g/mol. The third-order valence-corrected chi connectivity index (χ3v) is 4.62. The summed E-state index contributed by atoms with van der Waals surface area (Å²) in [4.78, 5) is 9.55. The van der Waals surface area contributed by atoms with Crippen LogP contribution in [0.3, 0.4) is 0 Å². The Hall–Kier alpha value is -0.860. The minimum atomic E-state index is 0. The van der Waals surface area contributed by atoms with Crippen LogP contribution in [0.1, 0.15) is 19.4 Å². The Labute approximate surface area is 170 Å². The molecule has 5 nitrogen and oxygen atoms in total. The van der Waals surface area contributed by atoms with Crippen LogP contribution >= 0.6 is 24.0 Å². The lowest BCUT2D eigenvalue weighted by molar-refractivity contribution is 0.125. The zero-order valence-corrected chi connectivity index (χ0v) is 18.0. The molecule has 0 aliphatic carbocycles. The van der Waals surface area contributed by atoms with E-state index >= 15 is 0 Å². The Morgan fingerprint density at radius 2 is 1.80 bits per heavy atom. The van der Waals surface area contributed by atoms with Crippen molar-refractivity contribution in [1.29, 1.82) is 0 Å². The second kappa shape index (κ2) is 12.5. The molecular weight excluding hydrogens is 425 g/mol. The number of nitrogens with one attached hydrogen (secondary N) is 1. The summed E-state index contributed by atoms with van der Waals surface area (Å²) in [6.07, 6.45) is 0.967. The van der Waals surface area contributed by atoms with Crippen molar-refractivity contribution in [2.45, 2.75) is 20.3 Å². The van der Waals surface area contributed by atoms with Gasteiger partial charge in [-0.05, 0) is 24.4 Å². The highest BCUT2D eigenvalue weighted by atomic mass is 127. The van der Waals surface area contributed by atoms with Crippen LogP contribution in [0.15, 0.2) is 35.3 Å². The van der Waals surface area contributed by atoms with Gasteiger partial charge < -0.3 is 20.9 Å². The highest BCUT2D eigenvalue weighted by Gasteiger charge is 2.17. The van der Waals surface area contributed by atoms with Crippen LogP contribution in [-0.2, 0) is 6.42 Å². The van der Waals surface area contributed by atoms with Crippen LogP contribution in [0, 0.1) is 5.92 Å². The number of guanidine groups is 1. The Bertz CT molecular complexity index is 486. The van der Waals surface area contributed by atoms with Gasteiger partial charge in [0.15, 0.2) is 5.96 Å². The highest BCUT2D eigenvalue weighted by molar-refractivity contribution is 14.0. The minimum Gasteiger partial charge on any atom is -0.370 e. The van der Waals surface area contributed by atoms with Crippen molar-refractivity contribution in [3.05, 3.63) is 35.9 Å². The molecule has 1 fully saturated rings. The van der Waals surface area contributed by atoms with Crippen molar-refractivity contribution in [2.75, 3.05) is 52.4 Å². The number of piperazine rings is 1. The molecule has 1 aliphatic rings. The molecular formula is C19H34IN5. The predicted molar refractivity (Wildman–Crippen MR) is 118 cm³/mol. The molecule has 1 unspecified atom stereocenters. The number of aliphatic imine (C=N–C) groups is 1. The first kappa shape index (κ1) is 22.2. The Balaban J connectivity index is 0.00000312. The molecule has 6 heteroatoms. The SMILES string of the molecule is CCN1CCN(CC(C)CN=C(N)NCCc2ccccc2)CC1.I. The van der Waals surface area contributed by atoms with Gasteiger partial charge in [0.1, 0.15) is 0 Å². The molecule has 0 bridgehead atoms. The minimum absolute atomic E-state index is 0. The van der Waals surface area contributed by atoms with Crippen molar-refractivity contribution in [2.24, 2.45) is 16.6 Å². The van der Waals surface area contributed by atoms with Crippen LogP contribution in [0.2, 0.25) is 0 Å². The molecule has 1 saturated heterocycles. The van der Waals surface area contributed by atoms with Gasteiger partial charge in [0.05, 0.1) is 0 Å². The van der Waals surface area contributed by atoms with Crippen LogP contribution in [0.25, 0.3) is 0 Å². The average Bonchev–Trinajstić information content (AvgIpc) is 2.61. The quantitative estimate of drug-likeness (QED) is 0.355. The third-order valence-electron chi connectivity index (χ3n) is 4.62. The summed E-state index contributed by atoms with van der Waals surface area (Å²) in [6, 6.07) is 10.4. The molecule has 1 aromatic rings. The molecule has 3 N–H and O–H groups in total. The molecule has 1 aliphatic heterocycles. The molecule has 0 saturated carbocycles. The van der Waals surface area contributed by atoms with Crippen molar-refractivity contribution in [1.82, 2.24) is 15.1 Å². The molecule has 142 valence electrons. The first-order valence-corrected chi connectivity index (χ1v) is 9.19. The Morgan fingerprint density at radius 1 is 1.16 bits per heavy atom. The van der Waals surface area contributed by atoms with Crippen molar-refractivity contribution in [3.8, 4) is 0 Å². The lowest BCUT2D eigenvalue weighted by Gasteiger charge is -2.35. The summed E-state index contributed by atoms with van der Waals surface area (Å²) in [6.45, 7) is 13.1. The second-order valence-electron chi connectivity index (χ2n) is 6.73. The van der Waals surface area contributed by atoms with Crippen molar-refractivity contribution in [3.63, 3.8) is 0 Å². The number of nitrogens with two attached hydrogens (primary N) is 1. The van der Waals surface area contributed by atoms with E-state index in [0.717, 1.165) is 26.1 Å². The number of likely N-dealkylation sites (N-methyl/N-ethyl adjacent to an activating group) is 1. The first-order chi connectivity index (χ1) is 11.7. The molecule has 1 heterocycles. The number of nitrogens with zero attached hydrogens (tertiary/aromatic N) is 3. The van der Waals surface area contributed by atoms with Crippen LogP contribution in [-0.4, -0.2) is 68.1 Å². The third kappa shape index (κ3) is 8.87. The van der Waals surface area contributed by atoms with Crippen LogP contribution < -0.4 is 11.1 Å². The topological polar surface area (TPSA) is 56.9 Å². The second-order valence-corrected chi connectivity index (χ2v) is 6.73. The first-order valence-electron chi connectivity index (χ1n) is 9.19. The van der Waals surface area contributed by atoms with E-state index in [1.54, 1.807) is 0 Å². The fourth-order valence-corrected chi connectivity index (χ4v) is 3.08. The van der Waals surface area contributed by atoms with Crippen LogP contribution in [0.5, 0.6) is 0 Å². The van der Waals surface area contributed by atoms with Crippen molar-refractivity contribution >= 4 is 29.9 Å². The van der Waals surface area contributed by atoms with Gasteiger partial charge in [-0.3, -0.25) is 4.99 Å². The summed E-state index contributed by atoms with van der Waals surface area (Å²) in [5, 5.41) is 3.21. The standard InChI is InChI=1S/C19H33N5.HI/c1-3-23-11-13-24(14-12-23)16-17(2)15-22-19(20)21-10-9-18-7-5-4-6-8-18;/h4-8,17H,3,9-16H2,1-2H3,(H3,20,21,22);1H. The van der Waals surface area contributed by atoms with Gasteiger partial charge in [-0.1, -0.05) is 44.2 Å². The normalized spacial score (nSPS) is 17.8. The smallest absolute Gasteiger partial charge is 0.188 e. The maximum Gasteiger partial charge on any atom is 0.188 e. The largest absolute Gasteiger partial charge is 0.370 e. The number of rotatable bonds is 8. The van der Waals surface area contributed by atoms with Gasteiger partial charge in [-0.25, -0.2) is 0 Å². The zero-order chi connectivity index (χ0) is 17.2. The summed E-state index contributed by atoms with van der Waals surface area (Å²) in [5.41, 5.74) is 7.29. The lowest BCUT2D eigenvalue weighted by Crippen LogP contribution is -2.47. The van der Waals surface area contributed by atoms with Gasteiger partial charge in [0.2, 0.25) is 0 Å². The molecule has 1 aromatic carbocycles. The average molecular weight is 459 g/mol. The van der Waals surface area contributed by atoms with E-state index in [-0.39, 0.29) is 24.0 Å². The Kier molecular flexibility index (Phi) is 11.1. The molecule has 0 spiro atoms. The highest BCUT2D eigenvalue weighted by Crippen LogP contribution is 2.06. The summed E-state index contributed by atoms with van der Waals surface area (Å²) < 4.78 is 0. The molecule has 2 rings (SSSR count). The zero-order valence-electron chi connectivity index (χ0n) is 15.7. The van der Waals surface area contributed by atoms with Gasteiger partial charge in [-0.2, -0.15) is 0 Å². The molecule has 1 atom stereocenters. The van der Waals surface area contributed by atoms with E-state index in [2.05, 4.69) is 58.2 Å². The van der Waals surface area contributed by atoms with E-state index in [1.165, 1.54) is 38.3 Å². The van der Waals surface area contributed by atoms with Gasteiger partial charge in [0, 0.05) is 45.8 Å². The van der Waals surface area contributed by atoms with E-state index in [4.69, 9.17) is 5.73 Å². The van der Waals surface area contributed by atoms with Crippen LogP contribution in [0.4, 0.5) is 0 Å². The maximum atomic E-state index is 5.97. The fourth-order valence-electron chi connectivity index (χ4n) is 3.08. The molecule has 25 heavy (non-hydrogen) atoms. The fraction of sp³-hybridized carbons (Fsp3) is 0.632. The molecule has 0 aromatic heterocycles.